The van der Waals surface area contributed by atoms with Crippen molar-refractivity contribution < 1.29 is 30.3 Å². The molecule has 4 aliphatic rings. The first-order valence-corrected chi connectivity index (χ1v) is 13.0. The van der Waals surface area contributed by atoms with Crippen LogP contribution in [-0.2, 0) is 9.68 Å². The molecule has 12 atom stereocenters. The average Bonchev–Trinajstić information content (AvgIpc) is 3.09. The number of aliphatic hydroxyl groups excluding tert-OH is 3. The summed E-state index contributed by atoms with van der Waals surface area (Å²) in [4.78, 5) is 15.3. The summed E-state index contributed by atoms with van der Waals surface area (Å²) < 4.78 is 0. The van der Waals surface area contributed by atoms with Crippen LogP contribution in [0.4, 0.5) is 0 Å². The highest BCUT2D eigenvalue weighted by Crippen LogP contribution is 2.69. The molecule has 0 spiro atoms. The zero-order valence-electron chi connectivity index (χ0n) is 20.2. The van der Waals surface area contributed by atoms with E-state index in [-0.39, 0.29) is 52.9 Å². The lowest BCUT2D eigenvalue weighted by Gasteiger charge is -2.66. The van der Waals surface area contributed by atoms with E-state index in [1.807, 2.05) is 0 Å². The quantitative estimate of drug-likeness (QED) is 0.371. The Labute approximate surface area is 192 Å². The van der Waals surface area contributed by atoms with E-state index in [2.05, 4.69) is 32.6 Å². The average molecular weight is 453 g/mol. The van der Waals surface area contributed by atoms with Crippen molar-refractivity contribution >= 4 is 5.97 Å². The van der Waals surface area contributed by atoms with Gasteiger partial charge < -0.3 is 20.2 Å². The molecule has 184 valence electrons. The largest absolute Gasteiger partial charge is 0.393 e. The van der Waals surface area contributed by atoms with E-state index in [4.69, 9.17) is 5.26 Å². The summed E-state index contributed by atoms with van der Waals surface area (Å²) >= 11 is 0. The SMILES string of the molecule is CC[C@H]1C(O)C2C3CC[C@H]([C@H](C)CCC(=O)OO)[C@@]3(C)CC(O)C2[C@@]2(C)CC[C@@H](O)C[C@@H]12. The van der Waals surface area contributed by atoms with Gasteiger partial charge in [-0.15, -0.1) is 0 Å². The molecule has 4 saturated carbocycles. The first-order valence-electron chi connectivity index (χ1n) is 13.0. The number of aliphatic hydroxyl groups is 3. The summed E-state index contributed by atoms with van der Waals surface area (Å²) in [6.07, 6.45) is 5.88. The van der Waals surface area contributed by atoms with Gasteiger partial charge >= 0.3 is 5.97 Å². The number of fused-ring (bicyclic) bond motifs is 5. The molecule has 0 aromatic heterocycles. The van der Waals surface area contributed by atoms with Crippen LogP contribution in [0.25, 0.3) is 0 Å². The fourth-order valence-corrected chi connectivity index (χ4v) is 9.64. The first kappa shape index (κ1) is 24.4. The standard InChI is InChI=1S/C26H44O6/c1-5-16-19-12-15(27)10-11-25(19,3)23-20(28)13-26(4)17(14(2)6-9-21(29)32-31)7-8-18(26)22(23)24(16)30/h14-20,22-24,27-28,30-31H,5-13H2,1-4H3/t14-,15-,16-,17-,18?,19+,20?,22?,23?,24?,25+,26-/m1/s1. The third-order valence-electron chi connectivity index (χ3n) is 11.0. The number of rotatable bonds is 5. The van der Waals surface area contributed by atoms with Gasteiger partial charge in [0.1, 0.15) is 0 Å². The van der Waals surface area contributed by atoms with Crippen LogP contribution < -0.4 is 0 Å². The van der Waals surface area contributed by atoms with Crippen LogP contribution in [0.15, 0.2) is 0 Å². The van der Waals surface area contributed by atoms with Crippen molar-refractivity contribution in [1.29, 1.82) is 0 Å². The maximum Gasteiger partial charge on any atom is 0.342 e. The van der Waals surface area contributed by atoms with Crippen LogP contribution >= 0.6 is 0 Å². The Morgan fingerprint density at radius 3 is 2.47 bits per heavy atom. The number of carbonyl (C=O) groups excluding carboxylic acids is 1. The highest BCUT2D eigenvalue weighted by atomic mass is 17.1. The second-order valence-corrected chi connectivity index (χ2v) is 12.3. The molecule has 0 heterocycles. The van der Waals surface area contributed by atoms with Crippen molar-refractivity contribution in [1.82, 2.24) is 0 Å². The molecule has 0 bridgehead atoms. The van der Waals surface area contributed by atoms with Crippen LogP contribution in [0.5, 0.6) is 0 Å². The van der Waals surface area contributed by atoms with Crippen molar-refractivity contribution in [2.75, 3.05) is 0 Å². The molecule has 5 unspecified atom stereocenters. The van der Waals surface area contributed by atoms with Crippen molar-refractivity contribution in [3.8, 4) is 0 Å². The Hall–Kier alpha value is -0.690. The molecule has 4 aliphatic carbocycles. The minimum Gasteiger partial charge on any atom is -0.393 e. The van der Waals surface area contributed by atoms with E-state index in [0.717, 1.165) is 44.9 Å². The molecule has 0 aromatic rings. The van der Waals surface area contributed by atoms with E-state index in [9.17, 15) is 20.1 Å². The maximum absolute atomic E-state index is 11.7. The van der Waals surface area contributed by atoms with Gasteiger partial charge in [0.05, 0.1) is 18.3 Å². The van der Waals surface area contributed by atoms with Crippen molar-refractivity contribution in [3.05, 3.63) is 0 Å². The molecule has 0 aliphatic heterocycles. The zero-order valence-corrected chi connectivity index (χ0v) is 20.2. The van der Waals surface area contributed by atoms with Gasteiger partial charge in [0.15, 0.2) is 0 Å². The minimum atomic E-state index is -0.591. The van der Waals surface area contributed by atoms with Gasteiger partial charge in [0.2, 0.25) is 0 Å². The Bertz CT molecular complexity index is 698. The molecule has 6 heteroatoms. The van der Waals surface area contributed by atoms with Crippen LogP contribution in [0, 0.1) is 52.3 Å². The Morgan fingerprint density at radius 1 is 1.09 bits per heavy atom. The highest BCUT2D eigenvalue weighted by molar-refractivity contribution is 5.68. The van der Waals surface area contributed by atoms with Crippen LogP contribution in [0.1, 0.15) is 85.5 Å². The molecule has 4 N–H and O–H groups in total. The molecule has 0 radical (unpaired) electrons. The van der Waals surface area contributed by atoms with Gasteiger partial charge in [0.25, 0.3) is 0 Å². The molecule has 32 heavy (non-hydrogen) atoms. The highest BCUT2D eigenvalue weighted by Gasteiger charge is 2.67. The first-order chi connectivity index (χ1) is 15.1. The van der Waals surface area contributed by atoms with E-state index in [1.165, 1.54) is 0 Å². The lowest BCUT2D eigenvalue weighted by atomic mass is 9.40. The summed E-state index contributed by atoms with van der Waals surface area (Å²) in [6, 6.07) is 0. The maximum atomic E-state index is 11.7. The van der Waals surface area contributed by atoms with Gasteiger partial charge in [-0.3, -0.25) is 0 Å². The minimum absolute atomic E-state index is 0.0425. The van der Waals surface area contributed by atoms with Gasteiger partial charge in [-0.05, 0) is 97.2 Å². The molecule has 0 amide bonds. The van der Waals surface area contributed by atoms with Crippen molar-refractivity contribution in [2.45, 2.75) is 104 Å². The molecule has 6 nitrogen and oxygen atoms in total. The predicted molar refractivity (Wildman–Crippen MR) is 120 cm³/mol. The van der Waals surface area contributed by atoms with Crippen LogP contribution in [-0.4, -0.2) is 44.9 Å². The topological polar surface area (TPSA) is 107 Å². The third-order valence-corrected chi connectivity index (χ3v) is 11.0. The van der Waals surface area contributed by atoms with Gasteiger partial charge in [0, 0.05) is 6.42 Å². The zero-order chi connectivity index (χ0) is 23.4. The molecular formula is C26H44O6. The number of carbonyl (C=O) groups is 1. The lowest BCUT2D eigenvalue weighted by molar-refractivity contribution is -0.237. The van der Waals surface area contributed by atoms with E-state index in [0.29, 0.717) is 18.3 Å². The lowest BCUT2D eigenvalue weighted by Crippen LogP contribution is -2.65. The van der Waals surface area contributed by atoms with Gasteiger partial charge in [-0.1, -0.05) is 34.1 Å². The molecule has 0 aromatic carbocycles. The van der Waals surface area contributed by atoms with E-state index >= 15 is 0 Å². The second kappa shape index (κ2) is 8.83. The van der Waals surface area contributed by atoms with Crippen LogP contribution in [0.2, 0.25) is 0 Å². The second-order valence-electron chi connectivity index (χ2n) is 12.3. The van der Waals surface area contributed by atoms with Crippen molar-refractivity contribution in [2.24, 2.45) is 52.3 Å². The Kier molecular flexibility index (Phi) is 6.74. The van der Waals surface area contributed by atoms with Crippen molar-refractivity contribution in [3.63, 3.8) is 0 Å². The van der Waals surface area contributed by atoms with Crippen LogP contribution in [0.3, 0.4) is 0 Å². The summed E-state index contributed by atoms with van der Waals surface area (Å²) in [5.41, 5.74) is -0.112. The number of hydrogen-bond acceptors (Lipinski definition) is 6. The van der Waals surface area contributed by atoms with E-state index < -0.39 is 18.2 Å². The monoisotopic (exact) mass is 452 g/mol. The molecule has 4 fully saturated rings. The summed E-state index contributed by atoms with van der Waals surface area (Å²) in [6.45, 7) is 8.97. The fraction of sp³-hybridized carbons (Fsp3) is 0.962. The summed E-state index contributed by atoms with van der Waals surface area (Å²) in [7, 11) is 0. The smallest absolute Gasteiger partial charge is 0.342 e. The third kappa shape index (κ3) is 3.64. The normalized spacial score (nSPS) is 51.3. The summed E-state index contributed by atoms with van der Waals surface area (Å²) in [5, 5.41) is 42.4. The number of hydrogen-bond donors (Lipinski definition) is 4. The van der Waals surface area contributed by atoms with Gasteiger partial charge in [-0.25, -0.2) is 4.79 Å². The summed E-state index contributed by atoms with van der Waals surface area (Å²) in [5.74, 6) is 1.02. The molecular weight excluding hydrogens is 408 g/mol. The predicted octanol–water partition coefficient (Wildman–Crippen LogP) is 4.02. The molecule has 4 rings (SSSR count). The van der Waals surface area contributed by atoms with Gasteiger partial charge in [-0.2, -0.15) is 5.26 Å². The van der Waals surface area contributed by atoms with E-state index in [1.54, 1.807) is 0 Å². The Balaban J connectivity index is 1.63. The fourth-order valence-electron chi connectivity index (χ4n) is 9.64. The molecule has 0 saturated heterocycles. The Morgan fingerprint density at radius 2 is 1.81 bits per heavy atom.